The molecule has 1 aromatic heterocycles. The molecule has 0 unspecified atom stereocenters. The SMILES string of the molecule is Cn1cc(-c2ccc(F)cc2)[nH]c1=S. The van der Waals surface area contributed by atoms with Crippen LogP contribution in [0.1, 0.15) is 0 Å². The smallest absolute Gasteiger partial charge is 0.177 e. The summed E-state index contributed by atoms with van der Waals surface area (Å²) in [6.45, 7) is 0. The number of nitrogens with zero attached hydrogens (tertiary/aromatic N) is 1. The molecule has 1 aromatic carbocycles. The van der Waals surface area contributed by atoms with Gasteiger partial charge in [0.2, 0.25) is 0 Å². The predicted molar refractivity (Wildman–Crippen MR) is 56.0 cm³/mol. The first kappa shape index (κ1) is 9.15. The van der Waals surface area contributed by atoms with Gasteiger partial charge in [0.15, 0.2) is 4.77 Å². The number of rotatable bonds is 1. The van der Waals surface area contributed by atoms with Crippen molar-refractivity contribution in [1.29, 1.82) is 0 Å². The lowest BCUT2D eigenvalue weighted by Crippen LogP contribution is -1.81. The van der Waals surface area contributed by atoms with Crippen LogP contribution in [0.15, 0.2) is 30.5 Å². The van der Waals surface area contributed by atoms with Crippen molar-refractivity contribution < 1.29 is 4.39 Å². The zero-order valence-corrected chi connectivity index (χ0v) is 8.44. The number of H-pyrrole nitrogens is 1. The van der Waals surface area contributed by atoms with Crippen molar-refractivity contribution in [3.63, 3.8) is 0 Å². The highest BCUT2D eigenvalue weighted by atomic mass is 32.1. The van der Waals surface area contributed by atoms with E-state index in [1.807, 2.05) is 17.8 Å². The summed E-state index contributed by atoms with van der Waals surface area (Å²) in [5.41, 5.74) is 1.83. The van der Waals surface area contributed by atoms with Gasteiger partial charge in [0.25, 0.3) is 0 Å². The van der Waals surface area contributed by atoms with Crippen molar-refractivity contribution in [2.75, 3.05) is 0 Å². The van der Waals surface area contributed by atoms with Crippen molar-refractivity contribution in [3.8, 4) is 11.3 Å². The largest absolute Gasteiger partial charge is 0.331 e. The first-order chi connectivity index (χ1) is 6.66. The molecule has 0 aliphatic heterocycles. The Kier molecular flexibility index (Phi) is 2.21. The summed E-state index contributed by atoms with van der Waals surface area (Å²) in [7, 11) is 1.87. The first-order valence-electron chi connectivity index (χ1n) is 4.18. The van der Waals surface area contributed by atoms with Crippen molar-refractivity contribution in [1.82, 2.24) is 9.55 Å². The summed E-state index contributed by atoms with van der Waals surface area (Å²) in [5.74, 6) is -0.233. The number of aromatic amines is 1. The van der Waals surface area contributed by atoms with Crippen LogP contribution in [-0.2, 0) is 7.05 Å². The van der Waals surface area contributed by atoms with Crippen LogP contribution in [0.5, 0.6) is 0 Å². The number of aromatic nitrogens is 2. The molecular formula is C10H9FN2S. The third-order valence-corrected chi connectivity index (χ3v) is 2.43. The molecule has 0 saturated heterocycles. The van der Waals surface area contributed by atoms with Crippen molar-refractivity contribution in [2.24, 2.45) is 7.05 Å². The van der Waals surface area contributed by atoms with Gasteiger partial charge in [-0.2, -0.15) is 0 Å². The second kappa shape index (κ2) is 3.38. The fourth-order valence-electron chi connectivity index (χ4n) is 1.26. The molecule has 1 N–H and O–H groups in total. The Bertz CT molecular complexity index is 496. The summed E-state index contributed by atoms with van der Waals surface area (Å²) < 4.78 is 15.1. The van der Waals surface area contributed by atoms with Gasteiger partial charge in [-0.3, -0.25) is 0 Å². The Morgan fingerprint density at radius 1 is 1.29 bits per heavy atom. The molecule has 0 saturated carbocycles. The molecule has 0 atom stereocenters. The minimum absolute atomic E-state index is 0.233. The quantitative estimate of drug-likeness (QED) is 0.715. The van der Waals surface area contributed by atoms with Crippen molar-refractivity contribution in [2.45, 2.75) is 0 Å². The zero-order chi connectivity index (χ0) is 10.1. The van der Waals surface area contributed by atoms with E-state index >= 15 is 0 Å². The molecule has 0 radical (unpaired) electrons. The van der Waals surface area contributed by atoms with Crippen LogP contribution in [0.3, 0.4) is 0 Å². The highest BCUT2D eigenvalue weighted by Gasteiger charge is 2.00. The Morgan fingerprint density at radius 2 is 1.93 bits per heavy atom. The molecule has 1 heterocycles. The third-order valence-electron chi connectivity index (χ3n) is 2.04. The van der Waals surface area contributed by atoms with E-state index < -0.39 is 0 Å². The predicted octanol–water partition coefficient (Wildman–Crippen LogP) is 2.89. The molecule has 2 nitrogen and oxygen atoms in total. The maximum Gasteiger partial charge on any atom is 0.177 e. The Labute approximate surface area is 86.0 Å². The molecule has 4 heteroatoms. The second-order valence-electron chi connectivity index (χ2n) is 3.09. The zero-order valence-electron chi connectivity index (χ0n) is 7.62. The minimum Gasteiger partial charge on any atom is -0.331 e. The van der Waals surface area contributed by atoms with Crippen LogP contribution in [0.4, 0.5) is 4.39 Å². The van der Waals surface area contributed by atoms with Gasteiger partial charge in [-0.05, 0) is 42.0 Å². The minimum atomic E-state index is -0.233. The van der Waals surface area contributed by atoms with Gasteiger partial charge in [0, 0.05) is 13.2 Å². The average Bonchev–Trinajstić information content (AvgIpc) is 2.48. The molecule has 0 bridgehead atoms. The Balaban J connectivity index is 2.49. The lowest BCUT2D eigenvalue weighted by molar-refractivity contribution is 0.628. The van der Waals surface area contributed by atoms with Gasteiger partial charge < -0.3 is 9.55 Å². The lowest BCUT2D eigenvalue weighted by atomic mass is 10.2. The number of hydrogen-bond donors (Lipinski definition) is 1. The van der Waals surface area contributed by atoms with E-state index in [1.165, 1.54) is 12.1 Å². The van der Waals surface area contributed by atoms with Crippen molar-refractivity contribution in [3.05, 3.63) is 41.1 Å². The fraction of sp³-hybridized carbons (Fsp3) is 0.100. The van der Waals surface area contributed by atoms with E-state index in [4.69, 9.17) is 12.2 Å². The highest BCUT2D eigenvalue weighted by Crippen LogP contribution is 2.17. The Morgan fingerprint density at radius 3 is 2.43 bits per heavy atom. The molecule has 14 heavy (non-hydrogen) atoms. The molecule has 2 rings (SSSR count). The maximum atomic E-state index is 12.7. The number of aryl methyl sites for hydroxylation is 1. The summed E-state index contributed by atoms with van der Waals surface area (Å²) in [6, 6.07) is 6.30. The van der Waals surface area contributed by atoms with Gasteiger partial charge in [0.1, 0.15) is 5.82 Å². The number of imidazole rings is 1. The van der Waals surface area contributed by atoms with Crippen LogP contribution in [0, 0.1) is 10.6 Å². The standard InChI is InChI=1S/C10H9FN2S/c1-13-6-9(12-10(13)14)7-2-4-8(11)5-3-7/h2-6H,1H3,(H,12,14). The average molecular weight is 208 g/mol. The molecule has 0 fully saturated rings. The van der Waals surface area contributed by atoms with E-state index in [2.05, 4.69) is 4.98 Å². The van der Waals surface area contributed by atoms with E-state index in [0.717, 1.165) is 11.3 Å². The molecule has 0 amide bonds. The fourth-order valence-corrected chi connectivity index (χ4v) is 1.43. The van der Waals surface area contributed by atoms with E-state index in [9.17, 15) is 4.39 Å². The third kappa shape index (κ3) is 1.61. The number of benzene rings is 1. The van der Waals surface area contributed by atoms with Crippen LogP contribution >= 0.6 is 12.2 Å². The number of hydrogen-bond acceptors (Lipinski definition) is 1. The van der Waals surface area contributed by atoms with Crippen LogP contribution in [0.25, 0.3) is 11.3 Å². The number of halogens is 1. The van der Waals surface area contributed by atoms with E-state index in [1.54, 1.807) is 12.1 Å². The molecule has 72 valence electrons. The van der Waals surface area contributed by atoms with Gasteiger partial charge in [-0.25, -0.2) is 4.39 Å². The Hall–Kier alpha value is -1.42. The summed E-state index contributed by atoms with van der Waals surface area (Å²) in [4.78, 5) is 3.04. The lowest BCUT2D eigenvalue weighted by Gasteiger charge is -1.95. The summed E-state index contributed by atoms with van der Waals surface area (Å²) in [5, 5.41) is 0. The molecule has 0 spiro atoms. The van der Waals surface area contributed by atoms with Gasteiger partial charge in [-0.15, -0.1) is 0 Å². The van der Waals surface area contributed by atoms with Gasteiger partial charge in [0.05, 0.1) is 5.69 Å². The van der Waals surface area contributed by atoms with Crippen LogP contribution in [0.2, 0.25) is 0 Å². The molecule has 2 aromatic rings. The maximum absolute atomic E-state index is 12.7. The summed E-state index contributed by atoms with van der Waals surface area (Å²) >= 11 is 5.03. The van der Waals surface area contributed by atoms with Crippen LogP contribution < -0.4 is 0 Å². The first-order valence-corrected chi connectivity index (χ1v) is 4.59. The molecule has 0 aliphatic rings. The topological polar surface area (TPSA) is 20.7 Å². The van der Waals surface area contributed by atoms with Gasteiger partial charge in [-0.1, -0.05) is 0 Å². The van der Waals surface area contributed by atoms with Crippen molar-refractivity contribution >= 4 is 12.2 Å². The van der Waals surface area contributed by atoms with E-state index in [0.29, 0.717) is 4.77 Å². The molecule has 0 aliphatic carbocycles. The normalized spacial score (nSPS) is 10.4. The second-order valence-corrected chi connectivity index (χ2v) is 3.48. The van der Waals surface area contributed by atoms with Crippen LogP contribution in [-0.4, -0.2) is 9.55 Å². The highest BCUT2D eigenvalue weighted by molar-refractivity contribution is 7.71. The van der Waals surface area contributed by atoms with Gasteiger partial charge >= 0.3 is 0 Å². The number of nitrogens with one attached hydrogen (secondary N) is 1. The summed E-state index contributed by atoms with van der Waals surface area (Å²) in [6.07, 6.45) is 1.88. The van der Waals surface area contributed by atoms with E-state index in [-0.39, 0.29) is 5.82 Å². The molecular weight excluding hydrogens is 199 g/mol. The monoisotopic (exact) mass is 208 g/mol.